The second-order valence-electron chi connectivity index (χ2n) is 4.68. The molecule has 24 heavy (non-hydrogen) atoms. The van der Waals surface area contributed by atoms with E-state index in [1.807, 2.05) is 31.2 Å². The molecular weight excluding hydrogens is 328 g/mol. The highest BCUT2D eigenvalue weighted by atomic mass is 32.1. The van der Waals surface area contributed by atoms with Crippen molar-refractivity contribution in [1.82, 2.24) is 24.8 Å². The Morgan fingerprint density at radius 3 is 2.79 bits per heavy atom. The molecule has 0 saturated heterocycles. The van der Waals surface area contributed by atoms with E-state index in [9.17, 15) is 4.79 Å². The van der Waals surface area contributed by atoms with Crippen LogP contribution in [0.2, 0.25) is 0 Å². The van der Waals surface area contributed by atoms with Gasteiger partial charge in [0, 0.05) is 18.0 Å². The lowest BCUT2D eigenvalue weighted by molar-refractivity contribution is 0.100. The zero-order valence-corrected chi connectivity index (χ0v) is 13.6. The third-order valence-corrected chi connectivity index (χ3v) is 3.38. The zero-order valence-electron chi connectivity index (χ0n) is 12.8. The summed E-state index contributed by atoms with van der Waals surface area (Å²) in [5.74, 6) is 0.790. The SMILES string of the molecule is CCOc1ccc(-c2n[nH]c(=S)n2NC(=O)c2cnccn2)cc1. The number of aromatic amines is 1. The standard InChI is InChI=1S/C15H14N6O2S/c1-2-23-11-5-3-10(4-6-11)13-18-19-15(24)21(13)20-14(22)12-9-16-7-8-17-12/h3-9H,2H2,1H3,(H,19,24)(H,20,22). The maximum absolute atomic E-state index is 12.2. The molecule has 0 unspecified atom stereocenters. The summed E-state index contributed by atoms with van der Waals surface area (Å²) < 4.78 is 7.07. The van der Waals surface area contributed by atoms with Crippen molar-refractivity contribution in [2.75, 3.05) is 12.0 Å². The molecule has 3 aromatic rings. The smallest absolute Gasteiger partial charge is 0.290 e. The van der Waals surface area contributed by atoms with Crippen molar-refractivity contribution in [2.24, 2.45) is 0 Å². The fourth-order valence-corrected chi connectivity index (χ4v) is 2.21. The second-order valence-corrected chi connectivity index (χ2v) is 5.06. The van der Waals surface area contributed by atoms with Crippen molar-refractivity contribution < 1.29 is 9.53 Å². The van der Waals surface area contributed by atoms with Crippen LogP contribution in [0.1, 0.15) is 17.4 Å². The summed E-state index contributed by atoms with van der Waals surface area (Å²) in [6.45, 7) is 2.51. The molecule has 0 aliphatic heterocycles. The van der Waals surface area contributed by atoms with Crippen molar-refractivity contribution in [2.45, 2.75) is 6.92 Å². The molecule has 2 N–H and O–H groups in total. The van der Waals surface area contributed by atoms with E-state index in [1.54, 1.807) is 0 Å². The predicted octanol–water partition coefficient (Wildman–Crippen LogP) is 2.18. The Hall–Kier alpha value is -3.07. The number of aromatic nitrogens is 5. The van der Waals surface area contributed by atoms with Gasteiger partial charge in [-0.25, -0.2) is 14.8 Å². The van der Waals surface area contributed by atoms with E-state index in [0.29, 0.717) is 12.4 Å². The first-order valence-electron chi connectivity index (χ1n) is 7.17. The summed E-state index contributed by atoms with van der Waals surface area (Å²) in [4.78, 5) is 20.1. The predicted molar refractivity (Wildman–Crippen MR) is 89.7 cm³/mol. The molecule has 122 valence electrons. The van der Waals surface area contributed by atoms with Crippen LogP contribution < -0.4 is 10.2 Å². The summed E-state index contributed by atoms with van der Waals surface area (Å²) in [6.07, 6.45) is 4.30. The number of carbonyl (C=O) groups excluding carboxylic acids is 1. The van der Waals surface area contributed by atoms with Crippen molar-refractivity contribution >= 4 is 18.1 Å². The Kier molecular flexibility index (Phi) is 4.62. The van der Waals surface area contributed by atoms with Gasteiger partial charge in [-0.2, -0.15) is 5.10 Å². The lowest BCUT2D eigenvalue weighted by Crippen LogP contribution is -2.24. The van der Waals surface area contributed by atoms with Crippen LogP contribution >= 0.6 is 12.2 Å². The maximum Gasteiger partial charge on any atom is 0.290 e. The maximum atomic E-state index is 12.2. The lowest BCUT2D eigenvalue weighted by atomic mass is 10.2. The Balaban J connectivity index is 1.89. The van der Waals surface area contributed by atoms with Gasteiger partial charge >= 0.3 is 0 Å². The highest BCUT2D eigenvalue weighted by Crippen LogP contribution is 2.20. The van der Waals surface area contributed by atoms with E-state index < -0.39 is 5.91 Å². The fourth-order valence-electron chi connectivity index (χ4n) is 2.04. The van der Waals surface area contributed by atoms with Crippen LogP contribution in [0, 0.1) is 4.77 Å². The minimum absolute atomic E-state index is 0.179. The van der Waals surface area contributed by atoms with Gasteiger partial charge in [-0.1, -0.05) is 0 Å². The molecule has 0 saturated carbocycles. The number of hydrogen-bond acceptors (Lipinski definition) is 6. The van der Waals surface area contributed by atoms with Crippen LogP contribution in [-0.4, -0.2) is 37.4 Å². The first kappa shape index (κ1) is 15.8. The van der Waals surface area contributed by atoms with Gasteiger partial charge in [0.25, 0.3) is 5.91 Å². The summed E-state index contributed by atoms with van der Waals surface area (Å²) in [5, 5.41) is 6.83. The number of amides is 1. The van der Waals surface area contributed by atoms with Gasteiger partial charge in [-0.15, -0.1) is 0 Å². The van der Waals surface area contributed by atoms with Gasteiger partial charge in [-0.05, 0) is 43.4 Å². The molecule has 9 heteroatoms. The van der Waals surface area contributed by atoms with E-state index in [0.717, 1.165) is 11.3 Å². The van der Waals surface area contributed by atoms with E-state index in [-0.39, 0.29) is 10.5 Å². The molecule has 0 spiro atoms. The van der Waals surface area contributed by atoms with E-state index >= 15 is 0 Å². The monoisotopic (exact) mass is 342 g/mol. The first-order chi connectivity index (χ1) is 11.7. The minimum Gasteiger partial charge on any atom is -0.494 e. The molecule has 2 heterocycles. The number of H-pyrrole nitrogens is 1. The summed E-state index contributed by atoms with van der Waals surface area (Å²) in [7, 11) is 0. The van der Waals surface area contributed by atoms with Gasteiger partial charge in [-0.3, -0.25) is 15.2 Å². The molecule has 0 aliphatic rings. The number of hydrogen-bond donors (Lipinski definition) is 2. The molecule has 0 aliphatic carbocycles. The van der Waals surface area contributed by atoms with Crippen LogP contribution in [0.15, 0.2) is 42.9 Å². The van der Waals surface area contributed by atoms with Crippen LogP contribution in [0.3, 0.4) is 0 Å². The topological polar surface area (TPSA) is 97.7 Å². The minimum atomic E-state index is -0.437. The van der Waals surface area contributed by atoms with Gasteiger partial charge in [0.15, 0.2) is 5.82 Å². The normalized spacial score (nSPS) is 10.4. The van der Waals surface area contributed by atoms with E-state index in [2.05, 4.69) is 25.6 Å². The Labute approximate surface area is 142 Å². The van der Waals surface area contributed by atoms with Gasteiger partial charge in [0.05, 0.1) is 12.8 Å². The Bertz CT molecular complexity index is 888. The van der Waals surface area contributed by atoms with Crippen molar-refractivity contribution in [1.29, 1.82) is 0 Å². The van der Waals surface area contributed by atoms with Crippen molar-refractivity contribution in [3.63, 3.8) is 0 Å². The largest absolute Gasteiger partial charge is 0.494 e. The number of nitrogens with one attached hydrogen (secondary N) is 2. The van der Waals surface area contributed by atoms with E-state index in [4.69, 9.17) is 17.0 Å². The average molecular weight is 342 g/mol. The van der Waals surface area contributed by atoms with Crippen molar-refractivity contribution in [3.05, 3.63) is 53.3 Å². The molecule has 2 aromatic heterocycles. The quantitative estimate of drug-likeness (QED) is 0.690. The summed E-state index contributed by atoms with van der Waals surface area (Å²) in [6, 6.07) is 7.32. The lowest BCUT2D eigenvalue weighted by Gasteiger charge is -2.09. The van der Waals surface area contributed by atoms with Gasteiger partial charge < -0.3 is 4.74 Å². The first-order valence-corrected chi connectivity index (χ1v) is 7.58. The Morgan fingerprint density at radius 1 is 1.33 bits per heavy atom. The third kappa shape index (κ3) is 3.30. The molecule has 8 nitrogen and oxygen atoms in total. The highest BCUT2D eigenvalue weighted by Gasteiger charge is 2.14. The third-order valence-electron chi connectivity index (χ3n) is 3.11. The van der Waals surface area contributed by atoms with Crippen LogP contribution in [0.25, 0.3) is 11.4 Å². The van der Waals surface area contributed by atoms with Crippen molar-refractivity contribution in [3.8, 4) is 17.1 Å². The number of rotatable bonds is 5. The summed E-state index contributed by atoms with van der Waals surface area (Å²) >= 11 is 5.18. The average Bonchev–Trinajstić information content (AvgIpc) is 2.97. The molecule has 3 rings (SSSR count). The molecular formula is C15H14N6O2S. The zero-order chi connectivity index (χ0) is 16.9. The number of carbonyl (C=O) groups is 1. The van der Waals surface area contributed by atoms with Crippen LogP contribution in [0.4, 0.5) is 0 Å². The number of benzene rings is 1. The Morgan fingerprint density at radius 2 is 2.12 bits per heavy atom. The number of ether oxygens (including phenoxy) is 1. The molecule has 0 bridgehead atoms. The molecule has 0 atom stereocenters. The highest BCUT2D eigenvalue weighted by molar-refractivity contribution is 7.71. The molecule has 1 amide bonds. The number of nitrogens with zero attached hydrogens (tertiary/aromatic N) is 4. The van der Waals surface area contributed by atoms with E-state index in [1.165, 1.54) is 23.3 Å². The molecule has 0 radical (unpaired) electrons. The van der Waals surface area contributed by atoms with Gasteiger partial charge in [0.1, 0.15) is 11.4 Å². The van der Waals surface area contributed by atoms with Gasteiger partial charge in [0.2, 0.25) is 4.77 Å². The summed E-state index contributed by atoms with van der Waals surface area (Å²) in [5.41, 5.74) is 3.61. The second kappa shape index (κ2) is 7.01. The molecule has 0 fully saturated rings. The fraction of sp³-hybridized carbons (Fsp3) is 0.133. The van der Waals surface area contributed by atoms with Crippen LogP contribution in [-0.2, 0) is 0 Å². The molecule has 1 aromatic carbocycles. The van der Waals surface area contributed by atoms with Crippen LogP contribution in [0.5, 0.6) is 5.75 Å².